The zero-order valence-corrected chi connectivity index (χ0v) is 23.5. The Kier molecular flexibility index (Phi) is 12.1. The van der Waals surface area contributed by atoms with Gasteiger partial charge in [-0.15, -0.1) is 0 Å². The Morgan fingerprint density at radius 2 is 1.27 bits per heavy atom. The fourth-order valence-corrected chi connectivity index (χ4v) is 4.59. The molecule has 0 radical (unpaired) electrons. The highest BCUT2D eigenvalue weighted by Crippen LogP contribution is 2.21. The third kappa shape index (κ3) is 10.6. The molecule has 0 aliphatic heterocycles. The molecule has 3 aromatic carbocycles. The first kappa shape index (κ1) is 31.1. The molecule has 0 saturated carbocycles. The Morgan fingerprint density at radius 1 is 0.732 bits per heavy atom. The van der Waals surface area contributed by atoms with Crippen molar-refractivity contribution in [2.75, 3.05) is 6.61 Å². The van der Waals surface area contributed by atoms with E-state index in [9.17, 15) is 24.3 Å². The summed E-state index contributed by atoms with van der Waals surface area (Å²) in [6.45, 7) is 3.79. The number of carbonyl (C=O) groups is 4. The van der Waals surface area contributed by atoms with E-state index in [4.69, 9.17) is 4.74 Å². The third-order valence-electron chi connectivity index (χ3n) is 6.73. The zero-order valence-electron chi connectivity index (χ0n) is 23.5. The van der Waals surface area contributed by atoms with Gasteiger partial charge in [-0.25, -0.2) is 4.79 Å². The number of rotatable bonds is 15. The summed E-state index contributed by atoms with van der Waals surface area (Å²) >= 11 is 0. The Hall–Kier alpha value is -4.46. The summed E-state index contributed by atoms with van der Waals surface area (Å²) in [7, 11) is 0. The Morgan fingerprint density at radius 3 is 1.85 bits per heavy atom. The summed E-state index contributed by atoms with van der Waals surface area (Å²) in [6.07, 6.45) is 0.742. The van der Waals surface area contributed by atoms with Gasteiger partial charge in [-0.3, -0.25) is 14.4 Å². The van der Waals surface area contributed by atoms with Gasteiger partial charge in [-0.05, 0) is 42.0 Å². The second-order valence-corrected chi connectivity index (χ2v) is 10.1. The molecule has 0 fully saturated rings. The lowest BCUT2D eigenvalue weighted by Gasteiger charge is -2.22. The number of benzene rings is 3. The standard InChI is InChI=1S/C33H38N2O6/c1-3-41-33(40)23(2)20-28(21-25-14-16-27(17-15-25)26-12-8-5-9-13-26)34-30(36)18-19-31(37)35-29(32(38)39)22-24-10-6-4-7-11-24/h4-17,23,28-29H,3,18-22H2,1-2H3,(H,34,36)(H,35,37)(H,38,39)/t23-,28+,29+/m1/s1. The average molecular weight is 559 g/mol. The topological polar surface area (TPSA) is 122 Å². The van der Waals surface area contributed by atoms with E-state index in [0.29, 0.717) is 12.8 Å². The molecule has 0 aromatic heterocycles. The average Bonchev–Trinajstić information content (AvgIpc) is 2.97. The van der Waals surface area contributed by atoms with Crippen LogP contribution in [0, 0.1) is 5.92 Å². The van der Waals surface area contributed by atoms with Crippen molar-refractivity contribution in [2.24, 2.45) is 5.92 Å². The first-order chi connectivity index (χ1) is 19.7. The van der Waals surface area contributed by atoms with Crippen molar-refractivity contribution >= 4 is 23.8 Å². The second kappa shape index (κ2) is 16.0. The molecule has 0 aliphatic carbocycles. The molecule has 0 unspecified atom stereocenters. The normalized spacial score (nSPS) is 12.9. The van der Waals surface area contributed by atoms with E-state index in [1.54, 1.807) is 38.1 Å². The zero-order chi connectivity index (χ0) is 29.6. The van der Waals surface area contributed by atoms with Crippen molar-refractivity contribution in [1.29, 1.82) is 0 Å². The van der Waals surface area contributed by atoms with Crippen LogP contribution in [-0.2, 0) is 36.8 Å². The highest BCUT2D eigenvalue weighted by atomic mass is 16.5. The SMILES string of the molecule is CCOC(=O)[C@H](C)C[C@@H](Cc1ccc(-c2ccccc2)cc1)NC(=O)CCC(=O)N[C@@H](Cc1ccccc1)C(=O)O. The lowest BCUT2D eigenvalue weighted by atomic mass is 9.94. The van der Waals surface area contributed by atoms with E-state index < -0.39 is 23.8 Å². The molecular weight excluding hydrogens is 520 g/mol. The molecule has 0 bridgehead atoms. The summed E-state index contributed by atoms with van der Waals surface area (Å²) in [4.78, 5) is 49.3. The fraction of sp³-hybridized carbons (Fsp3) is 0.333. The van der Waals surface area contributed by atoms with Crippen LogP contribution >= 0.6 is 0 Å². The van der Waals surface area contributed by atoms with Gasteiger partial charge in [-0.1, -0.05) is 91.9 Å². The van der Waals surface area contributed by atoms with E-state index in [1.807, 2.05) is 60.7 Å². The lowest BCUT2D eigenvalue weighted by Crippen LogP contribution is -2.43. The van der Waals surface area contributed by atoms with E-state index in [1.165, 1.54) is 0 Å². The second-order valence-electron chi connectivity index (χ2n) is 10.1. The van der Waals surface area contributed by atoms with Gasteiger partial charge in [-0.2, -0.15) is 0 Å². The minimum Gasteiger partial charge on any atom is -0.480 e. The van der Waals surface area contributed by atoms with Crippen LogP contribution in [-0.4, -0.2) is 47.6 Å². The van der Waals surface area contributed by atoms with Gasteiger partial charge in [0.25, 0.3) is 0 Å². The molecule has 3 rings (SSSR count). The van der Waals surface area contributed by atoms with Crippen LogP contribution in [0.1, 0.15) is 44.2 Å². The highest BCUT2D eigenvalue weighted by Gasteiger charge is 2.24. The Bertz CT molecular complexity index is 1280. The lowest BCUT2D eigenvalue weighted by molar-refractivity contribution is -0.148. The monoisotopic (exact) mass is 558 g/mol. The van der Waals surface area contributed by atoms with Crippen LogP contribution in [0.15, 0.2) is 84.9 Å². The predicted molar refractivity (Wildman–Crippen MR) is 157 cm³/mol. The molecule has 0 heterocycles. The van der Waals surface area contributed by atoms with Crippen molar-refractivity contribution < 1.29 is 29.0 Å². The quantitative estimate of drug-likeness (QED) is 0.235. The maximum atomic E-state index is 12.9. The highest BCUT2D eigenvalue weighted by molar-refractivity contribution is 5.87. The van der Waals surface area contributed by atoms with Crippen LogP contribution in [0.5, 0.6) is 0 Å². The van der Waals surface area contributed by atoms with Gasteiger partial charge in [0.15, 0.2) is 0 Å². The van der Waals surface area contributed by atoms with Gasteiger partial charge in [0.05, 0.1) is 12.5 Å². The molecule has 2 amide bonds. The minimum atomic E-state index is -1.14. The van der Waals surface area contributed by atoms with Crippen LogP contribution in [0.25, 0.3) is 11.1 Å². The number of nitrogens with one attached hydrogen (secondary N) is 2. The van der Waals surface area contributed by atoms with E-state index in [2.05, 4.69) is 10.6 Å². The van der Waals surface area contributed by atoms with Crippen LogP contribution in [0.4, 0.5) is 0 Å². The smallest absolute Gasteiger partial charge is 0.326 e. The Labute approximate surface area is 241 Å². The van der Waals surface area contributed by atoms with E-state index >= 15 is 0 Å². The molecular formula is C33H38N2O6. The maximum absolute atomic E-state index is 12.9. The predicted octanol–water partition coefficient (Wildman–Crippen LogP) is 4.56. The number of esters is 1. The van der Waals surface area contributed by atoms with Gasteiger partial charge in [0, 0.05) is 25.3 Å². The summed E-state index contributed by atoms with van der Waals surface area (Å²) < 4.78 is 5.15. The van der Waals surface area contributed by atoms with Gasteiger partial charge in [0.2, 0.25) is 11.8 Å². The van der Waals surface area contributed by atoms with E-state index in [-0.39, 0.29) is 43.8 Å². The largest absolute Gasteiger partial charge is 0.480 e. The first-order valence-corrected chi connectivity index (χ1v) is 13.9. The number of amides is 2. The molecule has 3 atom stereocenters. The van der Waals surface area contributed by atoms with Gasteiger partial charge < -0.3 is 20.5 Å². The van der Waals surface area contributed by atoms with Crippen molar-refractivity contribution in [1.82, 2.24) is 10.6 Å². The molecule has 0 aliphatic rings. The fourth-order valence-electron chi connectivity index (χ4n) is 4.59. The van der Waals surface area contributed by atoms with Crippen molar-refractivity contribution in [3.8, 4) is 11.1 Å². The van der Waals surface area contributed by atoms with Crippen molar-refractivity contribution in [3.05, 3.63) is 96.1 Å². The third-order valence-corrected chi connectivity index (χ3v) is 6.73. The summed E-state index contributed by atoms with van der Waals surface area (Å²) in [5, 5.41) is 15.0. The number of carbonyl (C=O) groups excluding carboxylic acids is 3. The number of carboxylic acids is 1. The number of ether oxygens (including phenoxy) is 1. The molecule has 8 heteroatoms. The Balaban J connectivity index is 1.59. The van der Waals surface area contributed by atoms with Crippen LogP contribution in [0.2, 0.25) is 0 Å². The summed E-state index contributed by atoms with van der Waals surface area (Å²) in [6, 6.07) is 25.6. The van der Waals surface area contributed by atoms with Crippen LogP contribution in [0.3, 0.4) is 0 Å². The molecule has 8 nitrogen and oxygen atoms in total. The number of hydrogen-bond donors (Lipinski definition) is 3. The molecule has 0 saturated heterocycles. The van der Waals surface area contributed by atoms with Gasteiger partial charge in [0.1, 0.15) is 6.04 Å². The number of hydrogen-bond acceptors (Lipinski definition) is 5. The van der Waals surface area contributed by atoms with E-state index in [0.717, 1.165) is 22.3 Å². The molecule has 3 N–H and O–H groups in total. The first-order valence-electron chi connectivity index (χ1n) is 13.9. The van der Waals surface area contributed by atoms with Gasteiger partial charge >= 0.3 is 11.9 Å². The van der Waals surface area contributed by atoms with Crippen LogP contribution < -0.4 is 10.6 Å². The minimum absolute atomic E-state index is 0.110. The maximum Gasteiger partial charge on any atom is 0.326 e. The number of carboxylic acid groups (broad SMARTS) is 1. The summed E-state index contributed by atoms with van der Waals surface area (Å²) in [5.74, 6) is -2.77. The van der Waals surface area contributed by atoms with Crippen molar-refractivity contribution in [3.63, 3.8) is 0 Å². The number of aliphatic carboxylic acids is 1. The summed E-state index contributed by atoms with van der Waals surface area (Å²) in [5.41, 5.74) is 3.96. The molecule has 0 spiro atoms. The molecule has 216 valence electrons. The molecule has 3 aromatic rings. The van der Waals surface area contributed by atoms with Crippen molar-refractivity contribution in [2.45, 2.75) is 58.0 Å². The molecule has 41 heavy (non-hydrogen) atoms.